The third kappa shape index (κ3) is 1.63. The van der Waals surface area contributed by atoms with Crippen LogP contribution in [0.25, 0.3) is 0 Å². The lowest BCUT2D eigenvalue weighted by Crippen LogP contribution is -2.46. The number of rotatable bonds is 3. The van der Waals surface area contributed by atoms with E-state index in [-0.39, 0.29) is 0 Å². The molecule has 0 aromatic rings. The second-order valence-electron chi connectivity index (χ2n) is 1.64. The van der Waals surface area contributed by atoms with Gasteiger partial charge in [0.1, 0.15) is 0 Å². The van der Waals surface area contributed by atoms with Crippen LogP contribution >= 0.6 is 0 Å². The maximum absolute atomic E-state index is 11.9. The molecule has 7 heteroatoms. The smallest absolute Gasteiger partial charge is 0.257 e. The Balaban J connectivity index is 4.67. The lowest BCUT2D eigenvalue weighted by molar-refractivity contribution is -0.174. The van der Waals surface area contributed by atoms with Crippen LogP contribution in [0.2, 0.25) is 0 Å². The topological polar surface area (TPSA) is 17.1 Å². The molecule has 0 rings (SSSR count). The van der Waals surface area contributed by atoms with E-state index in [9.17, 15) is 31.1 Å². The Kier molecular flexibility index (Phi) is 2.89. The summed E-state index contributed by atoms with van der Waals surface area (Å²) in [6.07, 6.45) is -8.72. The number of hydrogen-bond acceptors (Lipinski definition) is 1. The average Bonchev–Trinajstić information content (AvgIpc) is 1.84. The molecule has 0 aliphatic carbocycles. The standard InChI is InChI=1S/C4H2F6O/c5-1(6)4(10,2(7)8)3(9)11/h1-2H. The van der Waals surface area contributed by atoms with Crippen molar-refractivity contribution in [1.82, 2.24) is 0 Å². The third-order valence-corrected chi connectivity index (χ3v) is 0.936. The minimum absolute atomic E-state index is 3.36. The van der Waals surface area contributed by atoms with Gasteiger partial charge in [-0.1, -0.05) is 0 Å². The van der Waals surface area contributed by atoms with Gasteiger partial charge >= 0.3 is 11.7 Å². The molecule has 0 aromatic carbocycles. The number of halogens is 6. The molecule has 0 fully saturated rings. The fraction of sp³-hybridized carbons (Fsp3) is 0.750. The molecular weight excluding hydrogens is 178 g/mol. The van der Waals surface area contributed by atoms with Gasteiger partial charge in [0, 0.05) is 0 Å². The van der Waals surface area contributed by atoms with Gasteiger partial charge in [0.2, 0.25) is 0 Å². The van der Waals surface area contributed by atoms with Crippen molar-refractivity contribution in [2.75, 3.05) is 0 Å². The Morgan fingerprint density at radius 2 is 1.36 bits per heavy atom. The van der Waals surface area contributed by atoms with Gasteiger partial charge in [-0.05, 0) is 0 Å². The Bertz CT molecular complexity index is 147. The molecular formula is C4H2F6O. The van der Waals surface area contributed by atoms with Crippen molar-refractivity contribution in [3.63, 3.8) is 0 Å². The molecule has 0 atom stereocenters. The van der Waals surface area contributed by atoms with Crippen molar-refractivity contribution in [2.24, 2.45) is 0 Å². The summed E-state index contributed by atoms with van der Waals surface area (Å²) in [5.41, 5.74) is -4.97. The van der Waals surface area contributed by atoms with Crippen LogP contribution in [-0.4, -0.2) is 24.6 Å². The largest absolute Gasteiger partial charge is 0.350 e. The van der Waals surface area contributed by atoms with E-state index in [4.69, 9.17) is 0 Å². The Labute approximate surface area is 57.0 Å². The van der Waals surface area contributed by atoms with E-state index in [0.29, 0.717) is 0 Å². The van der Waals surface area contributed by atoms with Gasteiger partial charge in [-0.15, -0.1) is 0 Å². The molecule has 0 N–H and O–H groups in total. The zero-order chi connectivity index (χ0) is 9.23. The van der Waals surface area contributed by atoms with E-state index in [1.54, 1.807) is 0 Å². The van der Waals surface area contributed by atoms with Crippen molar-refractivity contribution in [3.8, 4) is 0 Å². The third-order valence-electron chi connectivity index (χ3n) is 0.936. The molecule has 0 amide bonds. The summed E-state index contributed by atoms with van der Waals surface area (Å²) in [5.74, 6) is 0. The summed E-state index contributed by atoms with van der Waals surface area (Å²) in [5, 5.41) is 0. The Morgan fingerprint density at radius 3 is 1.36 bits per heavy atom. The predicted octanol–water partition coefficient (Wildman–Crippen LogP) is 1.72. The van der Waals surface area contributed by atoms with Crippen LogP contribution in [0.3, 0.4) is 0 Å². The molecule has 0 aliphatic heterocycles. The minimum atomic E-state index is -4.97. The van der Waals surface area contributed by atoms with E-state index < -0.39 is 24.6 Å². The summed E-state index contributed by atoms with van der Waals surface area (Å²) >= 11 is 0. The Morgan fingerprint density at radius 1 is 1.09 bits per heavy atom. The fourth-order valence-electron chi connectivity index (χ4n) is 0.267. The summed E-state index contributed by atoms with van der Waals surface area (Å²) in [6, 6.07) is -3.36. The van der Waals surface area contributed by atoms with Crippen molar-refractivity contribution in [2.45, 2.75) is 18.5 Å². The minimum Gasteiger partial charge on any atom is -0.257 e. The van der Waals surface area contributed by atoms with Crippen LogP contribution in [0.4, 0.5) is 26.3 Å². The van der Waals surface area contributed by atoms with Crippen LogP contribution < -0.4 is 0 Å². The number of hydrogen-bond donors (Lipinski definition) is 0. The van der Waals surface area contributed by atoms with Crippen molar-refractivity contribution in [3.05, 3.63) is 0 Å². The maximum atomic E-state index is 11.9. The second kappa shape index (κ2) is 3.10. The second-order valence-corrected chi connectivity index (χ2v) is 1.64. The first-order chi connectivity index (χ1) is 4.83. The van der Waals surface area contributed by atoms with Crippen molar-refractivity contribution in [1.29, 1.82) is 0 Å². The highest BCUT2D eigenvalue weighted by molar-refractivity contribution is 5.79. The molecule has 0 bridgehead atoms. The molecule has 0 saturated carbocycles. The van der Waals surface area contributed by atoms with Gasteiger partial charge in [0.15, 0.2) is 0 Å². The normalized spacial score (nSPS) is 12.7. The first-order valence-electron chi connectivity index (χ1n) is 2.28. The summed E-state index contributed by atoms with van der Waals surface area (Å²) in [4.78, 5) is 9.35. The maximum Gasteiger partial charge on any atom is 0.350 e. The highest BCUT2D eigenvalue weighted by Crippen LogP contribution is 2.29. The van der Waals surface area contributed by atoms with Crippen molar-refractivity contribution >= 4 is 6.04 Å². The lowest BCUT2D eigenvalue weighted by Gasteiger charge is -2.16. The van der Waals surface area contributed by atoms with Gasteiger partial charge < -0.3 is 0 Å². The van der Waals surface area contributed by atoms with E-state index in [0.717, 1.165) is 0 Å². The van der Waals surface area contributed by atoms with Crippen LogP contribution in [0, 0.1) is 0 Å². The number of carbonyl (C=O) groups excluding carboxylic acids is 1. The lowest BCUT2D eigenvalue weighted by atomic mass is 10.1. The molecule has 0 unspecified atom stereocenters. The molecule has 0 aromatic heterocycles. The molecule has 0 radical (unpaired) electrons. The van der Waals surface area contributed by atoms with Crippen molar-refractivity contribution < 1.29 is 31.1 Å². The van der Waals surface area contributed by atoms with Crippen LogP contribution in [0.5, 0.6) is 0 Å². The van der Waals surface area contributed by atoms with Gasteiger partial charge in [0.25, 0.3) is 12.9 Å². The fourth-order valence-corrected chi connectivity index (χ4v) is 0.267. The SMILES string of the molecule is O=C(F)C(F)(C(F)F)C(F)F. The zero-order valence-corrected chi connectivity index (χ0v) is 4.83. The molecule has 1 nitrogen and oxygen atoms in total. The van der Waals surface area contributed by atoms with E-state index in [1.165, 1.54) is 0 Å². The van der Waals surface area contributed by atoms with Crippen LogP contribution in [0.1, 0.15) is 0 Å². The first-order valence-corrected chi connectivity index (χ1v) is 2.28. The zero-order valence-electron chi connectivity index (χ0n) is 4.83. The number of alkyl halides is 5. The van der Waals surface area contributed by atoms with E-state index in [2.05, 4.69) is 0 Å². The summed E-state index contributed by atoms with van der Waals surface area (Å²) < 4.78 is 68.3. The molecule has 0 heterocycles. The van der Waals surface area contributed by atoms with Crippen LogP contribution in [-0.2, 0) is 4.79 Å². The highest BCUT2D eigenvalue weighted by Gasteiger charge is 2.57. The molecule has 0 spiro atoms. The van der Waals surface area contributed by atoms with E-state index >= 15 is 0 Å². The molecule has 11 heavy (non-hydrogen) atoms. The molecule has 0 saturated heterocycles. The number of carbonyl (C=O) groups is 1. The molecule has 66 valence electrons. The average molecular weight is 180 g/mol. The highest BCUT2D eigenvalue weighted by atomic mass is 19.3. The quantitative estimate of drug-likeness (QED) is 0.477. The van der Waals surface area contributed by atoms with Gasteiger partial charge in [0.05, 0.1) is 0 Å². The first kappa shape index (κ1) is 10.2. The summed E-state index contributed by atoms with van der Waals surface area (Å²) in [7, 11) is 0. The predicted molar refractivity (Wildman–Crippen MR) is 22.0 cm³/mol. The molecule has 0 aliphatic rings. The monoisotopic (exact) mass is 180 g/mol. The van der Waals surface area contributed by atoms with E-state index in [1.807, 2.05) is 0 Å². The summed E-state index contributed by atoms with van der Waals surface area (Å²) in [6.45, 7) is 0. The Hall–Kier alpha value is -0.750. The van der Waals surface area contributed by atoms with Crippen LogP contribution in [0.15, 0.2) is 0 Å². The van der Waals surface area contributed by atoms with Gasteiger partial charge in [-0.2, -0.15) is 4.39 Å². The van der Waals surface area contributed by atoms with Gasteiger partial charge in [-0.3, -0.25) is 4.79 Å². The van der Waals surface area contributed by atoms with Gasteiger partial charge in [-0.25, -0.2) is 22.0 Å².